The molecule has 0 aliphatic carbocycles. The quantitative estimate of drug-likeness (QED) is 0.682. The highest BCUT2D eigenvalue weighted by atomic mass is 32.2. The van der Waals surface area contributed by atoms with E-state index in [2.05, 4.69) is 35.8 Å². The van der Waals surface area contributed by atoms with Crippen LogP contribution in [0.2, 0.25) is 0 Å². The van der Waals surface area contributed by atoms with Gasteiger partial charge in [-0.2, -0.15) is 11.8 Å². The Hall–Kier alpha value is 0.270. The average Bonchev–Trinajstić information content (AvgIpc) is 2.26. The van der Waals surface area contributed by atoms with Crippen molar-refractivity contribution in [2.24, 2.45) is 0 Å². The number of rotatable bonds is 6. The van der Waals surface area contributed by atoms with Crippen molar-refractivity contribution in [2.45, 2.75) is 32.7 Å². The third-order valence-electron chi connectivity index (χ3n) is 2.84. The molecule has 1 fully saturated rings. The van der Waals surface area contributed by atoms with Gasteiger partial charge in [0.15, 0.2) is 0 Å². The van der Waals surface area contributed by atoms with Gasteiger partial charge in [0.1, 0.15) is 0 Å². The summed E-state index contributed by atoms with van der Waals surface area (Å²) in [5, 5.41) is 3.53. The van der Waals surface area contributed by atoms with Crippen LogP contribution in [0.1, 0.15) is 26.7 Å². The first-order chi connectivity index (χ1) is 6.88. The summed E-state index contributed by atoms with van der Waals surface area (Å²) in [6.45, 7) is 9.45. The minimum atomic E-state index is 0.766. The van der Waals surface area contributed by atoms with E-state index in [1.54, 1.807) is 0 Å². The minimum absolute atomic E-state index is 0.766. The second-order valence-electron chi connectivity index (χ2n) is 3.91. The molecule has 0 amide bonds. The van der Waals surface area contributed by atoms with Crippen molar-refractivity contribution in [3.63, 3.8) is 0 Å². The predicted octanol–water partition coefficient (Wildman–Crippen LogP) is 1.81. The zero-order valence-electron chi connectivity index (χ0n) is 9.59. The summed E-state index contributed by atoms with van der Waals surface area (Å²) in [6.07, 6.45) is 2.52. The lowest BCUT2D eigenvalue weighted by Gasteiger charge is -2.34. The van der Waals surface area contributed by atoms with E-state index in [0.29, 0.717) is 0 Å². The fraction of sp³-hybridized carbons (Fsp3) is 1.00. The maximum atomic E-state index is 3.53. The maximum absolute atomic E-state index is 3.53. The van der Waals surface area contributed by atoms with Gasteiger partial charge in [-0.3, -0.25) is 4.90 Å². The van der Waals surface area contributed by atoms with E-state index >= 15 is 0 Å². The number of nitrogens with zero attached hydrogens (tertiary/aromatic N) is 1. The lowest BCUT2D eigenvalue weighted by molar-refractivity contribution is 0.205. The summed E-state index contributed by atoms with van der Waals surface area (Å²) in [5.41, 5.74) is 0. The maximum Gasteiger partial charge on any atom is 0.0218 e. The first kappa shape index (κ1) is 12.3. The van der Waals surface area contributed by atoms with Crippen LogP contribution in [-0.2, 0) is 0 Å². The van der Waals surface area contributed by atoms with Gasteiger partial charge in [-0.1, -0.05) is 13.8 Å². The molecular weight excluding hydrogens is 192 g/mol. The SMILES string of the molecule is CCCNCC(CC)N1CCSCC1. The normalized spacial score (nSPS) is 21.0. The Balaban J connectivity index is 2.21. The van der Waals surface area contributed by atoms with Crippen molar-refractivity contribution in [2.75, 3.05) is 37.7 Å². The Morgan fingerprint density at radius 2 is 2.00 bits per heavy atom. The summed E-state index contributed by atoms with van der Waals surface area (Å²) < 4.78 is 0. The molecule has 1 atom stereocenters. The Kier molecular flexibility index (Phi) is 6.65. The number of nitrogens with one attached hydrogen (secondary N) is 1. The highest BCUT2D eigenvalue weighted by Crippen LogP contribution is 2.13. The summed E-state index contributed by atoms with van der Waals surface area (Å²) >= 11 is 2.09. The predicted molar refractivity (Wildman–Crippen MR) is 66.1 cm³/mol. The Bertz CT molecular complexity index is 135. The highest BCUT2D eigenvalue weighted by molar-refractivity contribution is 7.99. The Labute approximate surface area is 92.8 Å². The molecule has 0 aromatic rings. The third-order valence-corrected chi connectivity index (χ3v) is 3.78. The van der Waals surface area contributed by atoms with Gasteiger partial charge in [-0.05, 0) is 19.4 Å². The van der Waals surface area contributed by atoms with Gasteiger partial charge in [0.05, 0.1) is 0 Å². The average molecular weight is 216 g/mol. The molecule has 0 aromatic carbocycles. The van der Waals surface area contributed by atoms with Gasteiger partial charge >= 0.3 is 0 Å². The summed E-state index contributed by atoms with van der Waals surface area (Å²) in [4.78, 5) is 2.65. The minimum Gasteiger partial charge on any atom is -0.315 e. The first-order valence-corrected chi connectivity index (χ1v) is 7.06. The van der Waals surface area contributed by atoms with Crippen LogP contribution in [0, 0.1) is 0 Å². The topological polar surface area (TPSA) is 15.3 Å². The van der Waals surface area contributed by atoms with Gasteiger partial charge in [0, 0.05) is 37.2 Å². The van der Waals surface area contributed by atoms with E-state index in [1.165, 1.54) is 50.5 Å². The molecule has 1 rings (SSSR count). The second kappa shape index (κ2) is 7.55. The molecule has 0 aromatic heterocycles. The summed E-state index contributed by atoms with van der Waals surface area (Å²) in [7, 11) is 0. The highest BCUT2D eigenvalue weighted by Gasteiger charge is 2.18. The van der Waals surface area contributed by atoms with E-state index < -0.39 is 0 Å². The van der Waals surface area contributed by atoms with Crippen LogP contribution in [0.15, 0.2) is 0 Å². The van der Waals surface area contributed by atoms with Crippen molar-refractivity contribution < 1.29 is 0 Å². The number of thioether (sulfide) groups is 1. The zero-order chi connectivity index (χ0) is 10.2. The fourth-order valence-electron chi connectivity index (χ4n) is 1.92. The Morgan fingerprint density at radius 1 is 1.29 bits per heavy atom. The van der Waals surface area contributed by atoms with Crippen LogP contribution in [0.5, 0.6) is 0 Å². The Morgan fingerprint density at radius 3 is 2.57 bits per heavy atom. The van der Waals surface area contributed by atoms with Crippen LogP contribution in [-0.4, -0.2) is 48.6 Å². The molecule has 1 heterocycles. The van der Waals surface area contributed by atoms with Crippen LogP contribution < -0.4 is 5.32 Å². The molecule has 1 aliphatic heterocycles. The molecule has 14 heavy (non-hydrogen) atoms. The lowest BCUT2D eigenvalue weighted by atomic mass is 10.2. The molecule has 84 valence electrons. The van der Waals surface area contributed by atoms with Crippen LogP contribution >= 0.6 is 11.8 Å². The molecule has 1 N–H and O–H groups in total. The summed E-state index contributed by atoms with van der Waals surface area (Å²) in [6, 6.07) is 0.766. The fourth-order valence-corrected chi connectivity index (χ4v) is 2.85. The third kappa shape index (κ3) is 4.20. The van der Waals surface area contributed by atoms with Crippen LogP contribution in [0.25, 0.3) is 0 Å². The van der Waals surface area contributed by atoms with Gasteiger partial charge in [-0.25, -0.2) is 0 Å². The van der Waals surface area contributed by atoms with Crippen molar-refractivity contribution in [1.82, 2.24) is 10.2 Å². The van der Waals surface area contributed by atoms with Gasteiger partial charge in [-0.15, -0.1) is 0 Å². The number of hydrogen-bond donors (Lipinski definition) is 1. The molecule has 0 spiro atoms. The number of hydrogen-bond acceptors (Lipinski definition) is 3. The second-order valence-corrected chi connectivity index (χ2v) is 5.14. The smallest absolute Gasteiger partial charge is 0.0218 e. The molecule has 0 saturated carbocycles. The molecule has 3 heteroatoms. The van der Waals surface area contributed by atoms with Crippen molar-refractivity contribution >= 4 is 11.8 Å². The van der Waals surface area contributed by atoms with E-state index in [9.17, 15) is 0 Å². The van der Waals surface area contributed by atoms with Gasteiger partial charge in [0.25, 0.3) is 0 Å². The largest absolute Gasteiger partial charge is 0.315 e. The van der Waals surface area contributed by atoms with Crippen LogP contribution in [0.4, 0.5) is 0 Å². The monoisotopic (exact) mass is 216 g/mol. The van der Waals surface area contributed by atoms with Crippen molar-refractivity contribution in [1.29, 1.82) is 0 Å². The van der Waals surface area contributed by atoms with Gasteiger partial charge in [0.2, 0.25) is 0 Å². The molecule has 1 aliphatic rings. The zero-order valence-corrected chi connectivity index (χ0v) is 10.4. The summed E-state index contributed by atoms with van der Waals surface area (Å²) in [5.74, 6) is 2.65. The van der Waals surface area contributed by atoms with E-state index in [4.69, 9.17) is 0 Å². The van der Waals surface area contributed by atoms with E-state index in [0.717, 1.165) is 6.04 Å². The van der Waals surface area contributed by atoms with Crippen molar-refractivity contribution in [3.8, 4) is 0 Å². The lowest BCUT2D eigenvalue weighted by Crippen LogP contribution is -2.46. The standard InChI is InChI=1S/C11H24N2S/c1-3-5-12-10-11(4-2)13-6-8-14-9-7-13/h11-12H,3-10H2,1-2H3. The molecule has 0 bridgehead atoms. The van der Waals surface area contributed by atoms with Crippen LogP contribution in [0.3, 0.4) is 0 Å². The van der Waals surface area contributed by atoms with E-state index in [-0.39, 0.29) is 0 Å². The molecule has 0 radical (unpaired) electrons. The van der Waals surface area contributed by atoms with E-state index in [1.807, 2.05) is 0 Å². The molecule has 1 unspecified atom stereocenters. The van der Waals surface area contributed by atoms with Gasteiger partial charge < -0.3 is 5.32 Å². The first-order valence-electron chi connectivity index (χ1n) is 5.91. The molecule has 2 nitrogen and oxygen atoms in total. The molecule has 1 saturated heterocycles. The van der Waals surface area contributed by atoms with Crippen molar-refractivity contribution in [3.05, 3.63) is 0 Å². The molecular formula is C11H24N2S.